The summed E-state index contributed by atoms with van der Waals surface area (Å²) in [5, 5.41) is 4.59. The molecule has 1 aromatic heterocycles. The molecule has 1 heterocycles. The van der Waals surface area contributed by atoms with Gasteiger partial charge in [-0.1, -0.05) is 0 Å². The van der Waals surface area contributed by atoms with Gasteiger partial charge in [-0.05, 0) is 13.0 Å². The molecule has 4 N–H and O–H groups in total. The maximum Gasteiger partial charge on any atom is 0.321 e. The highest BCUT2D eigenvalue weighted by molar-refractivity contribution is 5.93. The molecular weight excluding hydrogens is 236 g/mol. The number of hydrogen-bond acceptors (Lipinski definition) is 3. The summed E-state index contributed by atoms with van der Waals surface area (Å²) in [5.41, 5.74) is 5.41. The molecule has 0 aliphatic carbocycles. The SMILES string of the molecule is CCNC(=O)NC(=O)C[n+]1cccc(C(N)=O)c1. The average Bonchev–Trinajstić information content (AvgIpc) is 2.29. The van der Waals surface area contributed by atoms with Crippen LogP contribution >= 0.6 is 0 Å². The number of imide groups is 1. The quantitative estimate of drug-likeness (QED) is 0.592. The van der Waals surface area contributed by atoms with Gasteiger partial charge in [-0.3, -0.25) is 14.9 Å². The number of amides is 4. The third-order valence-corrected chi connectivity index (χ3v) is 2.06. The molecule has 0 spiro atoms. The fourth-order valence-electron chi connectivity index (χ4n) is 1.30. The number of primary amides is 1. The van der Waals surface area contributed by atoms with E-state index in [0.717, 1.165) is 0 Å². The second-order valence-electron chi connectivity index (χ2n) is 3.54. The maximum atomic E-state index is 11.5. The molecule has 18 heavy (non-hydrogen) atoms. The molecule has 0 aliphatic rings. The van der Waals surface area contributed by atoms with Gasteiger partial charge in [0.15, 0.2) is 12.4 Å². The van der Waals surface area contributed by atoms with E-state index in [9.17, 15) is 14.4 Å². The molecule has 4 amide bonds. The number of hydrogen-bond donors (Lipinski definition) is 3. The topological polar surface area (TPSA) is 105 Å². The zero-order valence-electron chi connectivity index (χ0n) is 9.97. The Hall–Kier alpha value is -2.44. The number of carbonyl (C=O) groups excluding carboxylic acids is 3. The number of urea groups is 1. The monoisotopic (exact) mass is 251 g/mol. The lowest BCUT2D eigenvalue weighted by atomic mass is 10.3. The van der Waals surface area contributed by atoms with Crippen LogP contribution in [0.25, 0.3) is 0 Å². The van der Waals surface area contributed by atoms with E-state index in [0.29, 0.717) is 12.1 Å². The Morgan fingerprint density at radius 1 is 1.39 bits per heavy atom. The smallest absolute Gasteiger partial charge is 0.321 e. The molecule has 1 rings (SSSR count). The van der Waals surface area contributed by atoms with E-state index in [1.54, 1.807) is 25.3 Å². The first-order chi connectivity index (χ1) is 8.52. The van der Waals surface area contributed by atoms with E-state index in [1.807, 2.05) is 0 Å². The zero-order valence-corrected chi connectivity index (χ0v) is 9.97. The van der Waals surface area contributed by atoms with Crippen molar-refractivity contribution in [2.24, 2.45) is 5.73 Å². The van der Waals surface area contributed by atoms with Crippen LogP contribution in [0.4, 0.5) is 4.79 Å². The van der Waals surface area contributed by atoms with Gasteiger partial charge >= 0.3 is 6.03 Å². The summed E-state index contributed by atoms with van der Waals surface area (Å²) in [6.45, 7) is 2.11. The summed E-state index contributed by atoms with van der Waals surface area (Å²) < 4.78 is 1.47. The Labute approximate surface area is 104 Å². The minimum atomic E-state index is -0.575. The molecule has 0 bridgehead atoms. The van der Waals surface area contributed by atoms with Crippen LogP contribution in [0, 0.1) is 0 Å². The third-order valence-electron chi connectivity index (χ3n) is 2.06. The van der Waals surface area contributed by atoms with Crippen molar-refractivity contribution >= 4 is 17.8 Å². The van der Waals surface area contributed by atoms with Crippen LogP contribution in [0.15, 0.2) is 24.5 Å². The Balaban J connectivity index is 2.62. The van der Waals surface area contributed by atoms with Crippen LogP contribution in [0.2, 0.25) is 0 Å². The van der Waals surface area contributed by atoms with E-state index >= 15 is 0 Å². The lowest BCUT2D eigenvalue weighted by Gasteiger charge is -2.02. The Morgan fingerprint density at radius 2 is 2.11 bits per heavy atom. The van der Waals surface area contributed by atoms with Gasteiger partial charge in [0.1, 0.15) is 5.56 Å². The fraction of sp³-hybridized carbons (Fsp3) is 0.273. The highest BCUT2D eigenvalue weighted by Crippen LogP contribution is 1.91. The minimum Gasteiger partial charge on any atom is -0.365 e. The number of nitrogens with zero attached hydrogens (tertiary/aromatic N) is 1. The van der Waals surface area contributed by atoms with E-state index in [-0.39, 0.29) is 6.54 Å². The van der Waals surface area contributed by atoms with Gasteiger partial charge in [-0.2, -0.15) is 4.57 Å². The van der Waals surface area contributed by atoms with E-state index < -0.39 is 17.8 Å². The molecule has 0 saturated carbocycles. The fourth-order valence-corrected chi connectivity index (χ4v) is 1.30. The molecule has 7 nitrogen and oxygen atoms in total. The molecule has 0 unspecified atom stereocenters. The van der Waals surface area contributed by atoms with Gasteiger partial charge in [-0.15, -0.1) is 0 Å². The van der Waals surface area contributed by atoms with Gasteiger partial charge in [0.05, 0.1) is 0 Å². The standard InChI is InChI=1S/C11H14N4O3/c1-2-13-11(18)14-9(16)7-15-5-3-4-8(6-15)10(12)17/h3-6H,2,7H2,1H3,(H3-,12,13,14,16,17,18)/p+1. The van der Waals surface area contributed by atoms with Gasteiger partial charge in [-0.25, -0.2) is 4.79 Å². The number of nitrogens with one attached hydrogen (secondary N) is 2. The van der Waals surface area contributed by atoms with E-state index in [2.05, 4.69) is 10.6 Å². The average molecular weight is 251 g/mol. The zero-order chi connectivity index (χ0) is 13.5. The van der Waals surface area contributed by atoms with Crippen LogP contribution in [-0.4, -0.2) is 24.4 Å². The number of nitrogens with two attached hydrogens (primary N) is 1. The van der Waals surface area contributed by atoms with E-state index in [1.165, 1.54) is 10.8 Å². The molecule has 0 aliphatic heterocycles. The summed E-state index contributed by atoms with van der Waals surface area (Å²) in [5.74, 6) is -1.05. The van der Waals surface area contributed by atoms with Crippen molar-refractivity contribution < 1.29 is 19.0 Å². The molecule has 7 heteroatoms. The first-order valence-electron chi connectivity index (χ1n) is 5.39. The van der Waals surface area contributed by atoms with E-state index in [4.69, 9.17) is 5.73 Å². The molecule has 0 radical (unpaired) electrons. The van der Waals surface area contributed by atoms with Crippen molar-refractivity contribution in [1.29, 1.82) is 0 Å². The van der Waals surface area contributed by atoms with Crippen LogP contribution in [0.1, 0.15) is 17.3 Å². The van der Waals surface area contributed by atoms with Crippen molar-refractivity contribution in [3.8, 4) is 0 Å². The van der Waals surface area contributed by atoms with Crippen LogP contribution in [-0.2, 0) is 11.3 Å². The molecule has 0 atom stereocenters. The first kappa shape index (κ1) is 13.6. The van der Waals surface area contributed by atoms with Crippen molar-refractivity contribution in [2.75, 3.05) is 6.54 Å². The number of pyridine rings is 1. The van der Waals surface area contributed by atoms with Gasteiger partial charge in [0, 0.05) is 12.6 Å². The Bertz CT molecular complexity index is 473. The Kier molecular flexibility index (Phi) is 4.79. The lowest BCUT2D eigenvalue weighted by molar-refractivity contribution is -0.684. The molecule has 0 aromatic carbocycles. The van der Waals surface area contributed by atoms with Gasteiger partial charge in [0.2, 0.25) is 6.54 Å². The second-order valence-corrected chi connectivity index (χ2v) is 3.54. The molecule has 1 aromatic rings. The summed E-state index contributed by atoms with van der Waals surface area (Å²) in [7, 11) is 0. The number of carbonyl (C=O) groups is 3. The van der Waals surface area contributed by atoms with Crippen molar-refractivity contribution in [3.05, 3.63) is 30.1 Å². The maximum absolute atomic E-state index is 11.5. The van der Waals surface area contributed by atoms with Crippen molar-refractivity contribution in [1.82, 2.24) is 10.6 Å². The predicted molar refractivity (Wildman–Crippen MR) is 62.4 cm³/mol. The van der Waals surface area contributed by atoms with Crippen LogP contribution < -0.4 is 20.9 Å². The minimum absolute atomic E-state index is 0.0712. The normalized spacial score (nSPS) is 9.61. The predicted octanol–water partition coefficient (Wildman–Crippen LogP) is -1.08. The molecule has 0 saturated heterocycles. The van der Waals surface area contributed by atoms with Gasteiger partial charge in [0.25, 0.3) is 11.8 Å². The highest BCUT2D eigenvalue weighted by Gasteiger charge is 2.13. The lowest BCUT2D eigenvalue weighted by Crippen LogP contribution is -2.47. The van der Waals surface area contributed by atoms with Crippen LogP contribution in [0.3, 0.4) is 0 Å². The van der Waals surface area contributed by atoms with Crippen molar-refractivity contribution in [2.45, 2.75) is 13.5 Å². The number of rotatable bonds is 4. The number of aromatic nitrogens is 1. The molecule has 96 valence electrons. The third kappa shape index (κ3) is 4.20. The van der Waals surface area contributed by atoms with Crippen molar-refractivity contribution in [3.63, 3.8) is 0 Å². The summed E-state index contributed by atoms with van der Waals surface area (Å²) in [4.78, 5) is 33.5. The molecular formula is C11H15N4O3+. The largest absolute Gasteiger partial charge is 0.365 e. The highest BCUT2D eigenvalue weighted by atomic mass is 16.2. The molecule has 0 fully saturated rings. The first-order valence-corrected chi connectivity index (χ1v) is 5.39. The second kappa shape index (κ2) is 6.33. The summed E-state index contributed by atoms with van der Waals surface area (Å²) in [6.07, 6.45) is 3.05. The van der Waals surface area contributed by atoms with Gasteiger partial charge < -0.3 is 11.1 Å². The summed E-state index contributed by atoms with van der Waals surface area (Å²) >= 11 is 0. The van der Waals surface area contributed by atoms with Crippen LogP contribution in [0.5, 0.6) is 0 Å². The summed E-state index contributed by atoms with van der Waals surface area (Å²) in [6, 6.07) is 2.59. The Morgan fingerprint density at radius 3 is 2.72 bits per heavy atom.